The average Bonchev–Trinajstić information content (AvgIpc) is 2.34. The van der Waals surface area contributed by atoms with E-state index in [0.29, 0.717) is 6.61 Å². The number of nitrogens with one attached hydrogen (secondary N) is 1. The van der Waals surface area contributed by atoms with Crippen molar-refractivity contribution in [2.24, 2.45) is 0 Å². The number of hydrogen-bond donors (Lipinski definition) is 1. The zero-order valence-corrected chi connectivity index (χ0v) is 10.2. The standard InChI is InChI=1S/C11H15NO3S/c1-3-8-15-11(13)12-16-10-7-5-4-6-9(10)14-2/h4-7H,3,8H2,1-2H3,(H,12,13). The second-order valence-electron chi connectivity index (χ2n) is 2.99. The Labute approximate surface area is 99.5 Å². The van der Waals surface area contributed by atoms with Crippen molar-refractivity contribution in [3.05, 3.63) is 24.3 Å². The predicted molar refractivity (Wildman–Crippen MR) is 63.6 cm³/mol. The Morgan fingerprint density at radius 2 is 2.19 bits per heavy atom. The molecule has 0 atom stereocenters. The fourth-order valence-electron chi connectivity index (χ4n) is 1.02. The van der Waals surface area contributed by atoms with Gasteiger partial charge in [0.15, 0.2) is 0 Å². The Morgan fingerprint density at radius 3 is 2.88 bits per heavy atom. The van der Waals surface area contributed by atoms with Gasteiger partial charge in [0.2, 0.25) is 0 Å². The van der Waals surface area contributed by atoms with Gasteiger partial charge in [-0.25, -0.2) is 4.79 Å². The van der Waals surface area contributed by atoms with Crippen molar-refractivity contribution >= 4 is 18.0 Å². The molecule has 0 fully saturated rings. The molecule has 0 radical (unpaired) electrons. The van der Waals surface area contributed by atoms with Crippen molar-refractivity contribution in [2.45, 2.75) is 18.2 Å². The number of rotatable bonds is 5. The molecule has 1 aromatic carbocycles. The Hall–Kier alpha value is -1.36. The molecule has 0 aliphatic heterocycles. The molecule has 0 unspecified atom stereocenters. The van der Waals surface area contributed by atoms with Crippen LogP contribution in [0.4, 0.5) is 4.79 Å². The number of carbonyl (C=O) groups is 1. The van der Waals surface area contributed by atoms with Crippen LogP contribution in [0, 0.1) is 0 Å². The molecule has 0 aromatic heterocycles. The van der Waals surface area contributed by atoms with Crippen molar-refractivity contribution in [3.8, 4) is 5.75 Å². The smallest absolute Gasteiger partial charge is 0.417 e. The van der Waals surface area contributed by atoms with Crippen molar-refractivity contribution in [2.75, 3.05) is 13.7 Å². The third kappa shape index (κ3) is 4.02. The van der Waals surface area contributed by atoms with Crippen LogP contribution in [-0.4, -0.2) is 19.8 Å². The molecular formula is C11H15NO3S. The summed E-state index contributed by atoms with van der Waals surface area (Å²) in [6.07, 6.45) is 0.380. The molecule has 1 amide bonds. The van der Waals surface area contributed by atoms with E-state index < -0.39 is 6.09 Å². The Morgan fingerprint density at radius 1 is 1.44 bits per heavy atom. The zero-order valence-electron chi connectivity index (χ0n) is 9.36. The fraction of sp³-hybridized carbons (Fsp3) is 0.364. The van der Waals surface area contributed by atoms with Crippen LogP contribution in [0.15, 0.2) is 29.2 Å². The van der Waals surface area contributed by atoms with Crippen molar-refractivity contribution in [1.82, 2.24) is 4.72 Å². The molecule has 0 saturated heterocycles. The highest BCUT2D eigenvalue weighted by atomic mass is 32.2. The summed E-state index contributed by atoms with van der Waals surface area (Å²) in [5.74, 6) is 0.725. The quantitative estimate of drug-likeness (QED) is 0.805. The minimum Gasteiger partial charge on any atom is -0.496 e. The molecule has 0 bridgehead atoms. The van der Waals surface area contributed by atoms with Gasteiger partial charge in [0.25, 0.3) is 0 Å². The van der Waals surface area contributed by atoms with Gasteiger partial charge in [0.05, 0.1) is 18.6 Å². The summed E-state index contributed by atoms with van der Waals surface area (Å²) in [4.78, 5) is 12.0. The van der Waals surface area contributed by atoms with E-state index in [1.54, 1.807) is 7.11 Å². The van der Waals surface area contributed by atoms with Crippen LogP contribution in [0.5, 0.6) is 5.75 Å². The molecule has 1 aromatic rings. The van der Waals surface area contributed by atoms with Gasteiger partial charge in [-0.1, -0.05) is 19.1 Å². The molecule has 16 heavy (non-hydrogen) atoms. The minimum atomic E-state index is -0.433. The summed E-state index contributed by atoms with van der Waals surface area (Å²) >= 11 is 1.18. The van der Waals surface area contributed by atoms with E-state index in [-0.39, 0.29) is 0 Å². The number of hydrogen-bond acceptors (Lipinski definition) is 4. The van der Waals surface area contributed by atoms with Crippen molar-refractivity contribution < 1.29 is 14.3 Å². The van der Waals surface area contributed by atoms with Gasteiger partial charge in [0, 0.05) is 0 Å². The second-order valence-corrected chi connectivity index (χ2v) is 3.84. The monoisotopic (exact) mass is 241 g/mol. The lowest BCUT2D eigenvalue weighted by molar-refractivity contribution is 0.153. The van der Waals surface area contributed by atoms with Crippen LogP contribution >= 0.6 is 11.9 Å². The first-order chi connectivity index (χ1) is 7.77. The van der Waals surface area contributed by atoms with Crippen LogP contribution in [0.1, 0.15) is 13.3 Å². The van der Waals surface area contributed by atoms with Crippen LogP contribution in [-0.2, 0) is 4.74 Å². The molecule has 88 valence electrons. The maximum absolute atomic E-state index is 11.2. The molecule has 1 N–H and O–H groups in total. The summed E-state index contributed by atoms with van der Waals surface area (Å²) < 4.78 is 12.6. The van der Waals surface area contributed by atoms with Gasteiger partial charge in [0.1, 0.15) is 5.75 Å². The SMILES string of the molecule is CCCOC(=O)NSc1ccccc1OC. The number of ether oxygens (including phenoxy) is 2. The molecule has 4 nitrogen and oxygen atoms in total. The van der Waals surface area contributed by atoms with E-state index >= 15 is 0 Å². The van der Waals surface area contributed by atoms with E-state index in [9.17, 15) is 4.79 Å². The highest BCUT2D eigenvalue weighted by Gasteiger charge is 2.05. The molecule has 5 heteroatoms. The third-order valence-corrected chi connectivity index (χ3v) is 2.58. The number of amides is 1. The normalized spacial score (nSPS) is 9.62. The number of para-hydroxylation sites is 1. The lowest BCUT2D eigenvalue weighted by Gasteiger charge is -2.08. The molecule has 0 saturated carbocycles. The van der Waals surface area contributed by atoms with Crippen LogP contribution in [0.25, 0.3) is 0 Å². The van der Waals surface area contributed by atoms with E-state index in [1.165, 1.54) is 11.9 Å². The number of benzene rings is 1. The second kappa shape index (κ2) is 7.00. The number of methoxy groups -OCH3 is 1. The minimum absolute atomic E-state index is 0.429. The van der Waals surface area contributed by atoms with Gasteiger partial charge >= 0.3 is 6.09 Å². The maximum Gasteiger partial charge on any atom is 0.417 e. The Bertz CT molecular complexity index is 344. The van der Waals surface area contributed by atoms with E-state index in [2.05, 4.69) is 4.72 Å². The summed E-state index contributed by atoms with van der Waals surface area (Å²) in [6, 6.07) is 7.45. The summed E-state index contributed by atoms with van der Waals surface area (Å²) in [5, 5.41) is 0. The first-order valence-electron chi connectivity index (χ1n) is 5.00. The average molecular weight is 241 g/mol. The Kier molecular flexibility index (Phi) is 5.56. The lowest BCUT2D eigenvalue weighted by atomic mass is 10.3. The molecule has 0 heterocycles. The van der Waals surface area contributed by atoms with Crippen LogP contribution < -0.4 is 9.46 Å². The predicted octanol–water partition coefficient (Wildman–Crippen LogP) is 2.84. The van der Waals surface area contributed by atoms with Gasteiger partial charge in [-0.2, -0.15) is 0 Å². The molecular weight excluding hydrogens is 226 g/mol. The summed E-state index contributed by atoms with van der Waals surface area (Å²) in [6.45, 7) is 2.37. The van der Waals surface area contributed by atoms with E-state index in [4.69, 9.17) is 9.47 Å². The highest BCUT2D eigenvalue weighted by molar-refractivity contribution is 7.98. The summed E-state index contributed by atoms with van der Waals surface area (Å²) in [5.41, 5.74) is 0. The van der Waals surface area contributed by atoms with E-state index in [0.717, 1.165) is 17.1 Å². The van der Waals surface area contributed by atoms with E-state index in [1.807, 2.05) is 31.2 Å². The van der Waals surface area contributed by atoms with Gasteiger partial charge in [-0.3, -0.25) is 4.72 Å². The van der Waals surface area contributed by atoms with Gasteiger partial charge in [-0.05, 0) is 30.5 Å². The zero-order chi connectivity index (χ0) is 11.8. The topological polar surface area (TPSA) is 47.6 Å². The van der Waals surface area contributed by atoms with Crippen molar-refractivity contribution in [1.29, 1.82) is 0 Å². The first kappa shape index (κ1) is 12.7. The number of carbonyl (C=O) groups excluding carboxylic acids is 1. The lowest BCUT2D eigenvalue weighted by Crippen LogP contribution is -2.17. The highest BCUT2D eigenvalue weighted by Crippen LogP contribution is 2.26. The molecule has 0 aliphatic carbocycles. The Balaban J connectivity index is 2.44. The van der Waals surface area contributed by atoms with Crippen molar-refractivity contribution in [3.63, 3.8) is 0 Å². The first-order valence-corrected chi connectivity index (χ1v) is 5.82. The molecule has 0 aliphatic rings. The fourth-order valence-corrected chi connectivity index (χ4v) is 1.67. The maximum atomic E-state index is 11.2. The largest absolute Gasteiger partial charge is 0.496 e. The molecule has 0 spiro atoms. The third-order valence-electron chi connectivity index (χ3n) is 1.75. The molecule has 1 rings (SSSR count). The van der Waals surface area contributed by atoms with Gasteiger partial charge < -0.3 is 9.47 Å². The summed E-state index contributed by atoms with van der Waals surface area (Å²) in [7, 11) is 1.59. The van der Waals surface area contributed by atoms with Crippen LogP contribution in [0.3, 0.4) is 0 Å². The van der Waals surface area contributed by atoms with Crippen LogP contribution in [0.2, 0.25) is 0 Å². The van der Waals surface area contributed by atoms with Gasteiger partial charge in [-0.15, -0.1) is 0 Å².